The molecular formula is C64H57Br4Cl2N19O14. The van der Waals surface area contributed by atoms with E-state index < -0.39 is 45.4 Å². The van der Waals surface area contributed by atoms with Gasteiger partial charge in [0.2, 0.25) is 5.95 Å². The third-order valence-corrected chi connectivity index (χ3v) is 15.4. The lowest BCUT2D eigenvalue weighted by atomic mass is 10.2. The molecule has 7 heterocycles. The summed E-state index contributed by atoms with van der Waals surface area (Å²) in [6.45, 7) is 3.84. The summed E-state index contributed by atoms with van der Waals surface area (Å²) in [6, 6.07) is 30.8. The zero-order chi connectivity index (χ0) is 73.7. The van der Waals surface area contributed by atoms with Gasteiger partial charge >= 0.3 is 23.9 Å². The summed E-state index contributed by atoms with van der Waals surface area (Å²) >= 11 is 17.3. The number of rotatable bonds is 10. The number of methoxy groups -OCH3 is 4. The number of carbonyl (C=O) groups is 8. The molecule has 13 rings (SSSR count). The van der Waals surface area contributed by atoms with Crippen molar-refractivity contribution >= 4 is 220 Å². The number of imidazole rings is 6. The molecule has 16 N–H and O–H groups in total. The van der Waals surface area contributed by atoms with Crippen LogP contribution in [0.2, 0.25) is 0 Å². The minimum absolute atomic E-state index is 0. The number of hydrogen-bond acceptors (Lipinski definition) is 25. The van der Waals surface area contributed by atoms with Crippen LogP contribution in [0.15, 0.2) is 147 Å². The van der Waals surface area contributed by atoms with Crippen LogP contribution in [-0.2, 0) is 18.9 Å². The highest BCUT2D eigenvalue weighted by atomic mass is 79.9. The van der Waals surface area contributed by atoms with E-state index in [9.17, 15) is 47.9 Å². The molecule has 0 aliphatic heterocycles. The highest BCUT2D eigenvalue weighted by molar-refractivity contribution is 9.10. The van der Waals surface area contributed by atoms with Gasteiger partial charge in [-0.3, -0.25) is 42.9 Å². The molecule has 0 spiro atoms. The molecule has 534 valence electrons. The van der Waals surface area contributed by atoms with E-state index in [1.54, 1.807) is 72.8 Å². The normalized spacial score (nSPS) is 10.3. The number of fused-ring (bicyclic) bond motifs is 5. The molecule has 0 unspecified atom stereocenters. The fraction of sp³-hybridized carbons (Fsp3) is 0.0938. The molecule has 0 saturated heterocycles. The van der Waals surface area contributed by atoms with Crippen molar-refractivity contribution in [3.05, 3.63) is 214 Å². The van der Waals surface area contributed by atoms with Crippen LogP contribution in [0.5, 0.6) is 0 Å². The zero-order valence-corrected chi connectivity index (χ0v) is 62.2. The monoisotopic (exact) mass is 1700 g/mol. The summed E-state index contributed by atoms with van der Waals surface area (Å²) < 4.78 is 21.9. The summed E-state index contributed by atoms with van der Waals surface area (Å²) in [4.78, 5) is 152. The van der Waals surface area contributed by atoms with E-state index in [1.165, 1.54) is 40.8 Å². The predicted molar refractivity (Wildman–Crippen MR) is 403 cm³/mol. The van der Waals surface area contributed by atoms with Crippen LogP contribution in [0, 0.1) is 13.8 Å². The second kappa shape index (κ2) is 35.6. The van der Waals surface area contributed by atoms with Gasteiger partial charge in [0.15, 0.2) is 29.0 Å². The van der Waals surface area contributed by atoms with E-state index in [2.05, 4.69) is 107 Å². The maximum absolute atomic E-state index is 12.8. The molecule has 0 aliphatic carbocycles. The molecule has 13 aromatic rings. The van der Waals surface area contributed by atoms with Crippen LogP contribution >= 0.6 is 89.0 Å². The number of nitrogens with one attached hydrogen (secondary N) is 6. The van der Waals surface area contributed by atoms with Gasteiger partial charge < -0.3 is 72.9 Å². The van der Waals surface area contributed by atoms with Crippen molar-refractivity contribution in [2.75, 3.05) is 67.7 Å². The first kappa shape index (κ1) is 80.3. The van der Waals surface area contributed by atoms with Crippen LogP contribution in [0.3, 0.4) is 0 Å². The van der Waals surface area contributed by atoms with Gasteiger partial charge in [-0.15, -0.1) is 34.0 Å². The Balaban J connectivity index is 0.000000204. The molecule has 39 heteroatoms. The first-order chi connectivity index (χ1) is 48.0. The van der Waals surface area contributed by atoms with Gasteiger partial charge in [-0.1, -0.05) is 44.0 Å². The van der Waals surface area contributed by atoms with Gasteiger partial charge in [0.1, 0.15) is 29.4 Å². The molecular weight excluding hydrogens is 1650 g/mol. The standard InChI is InChI=1S/C21H17BrN6O4.C10H2Cl2N4O4.2C9H9N3O2.C8H10N2O2.C7H8BrN.2BrH/c1-10-3-5-12(22)8-14(10)25-18(29)16-17(24-9-23-16)19(30)28-21-26-13-6-4-11(20(31)32-2)7-15(13)27-21;11-7(17)3-5-10(20)16-2-14-4(8(12)18)6(16)9(19)15(5)1-13-3;2*1-14-8(13)5-2-3-6-7(4-5)12-9(10)11-6;1-12-8(11)5-2-3-6(9)7(10)4-5;1-5-2-3-6(8)4-7(5)9;;/h3-9H,1-2H3,(H,23,24)(H,25,29)(H2,26,27,28,30);1-2H;2*2-4H,1H3,(H3,10,11,12);2-4H,9-10H2,1H3;2-4H,9H2,1H3;2*1H. The highest BCUT2D eigenvalue weighted by Crippen LogP contribution is 2.24. The van der Waals surface area contributed by atoms with Crippen molar-refractivity contribution in [1.29, 1.82) is 0 Å². The number of nitrogens with zero attached hydrogens (tertiary/aromatic N) is 8. The van der Waals surface area contributed by atoms with Gasteiger partial charge in [0.25, 0.3) is 33.4 Å². The number of halogens is 6. The van der Waals surface area contributed by atoms with Crippen LogP contribution in [0.25, 0.3) is 44.1 Å². The largest absolute Gasteiger partial charge is 0.465 e. The van der Waals surface area contributed by atoms with E-state index >= 15 is 0 Å². The van der Waals surface area contributed by atoms with E-state index in [-0.39, 0.29) is 85.7 Å². The van der Waals surface area contributed by atoms with Crippen LogP contribution < -0.4 is 50.4 Å². The smallest absolute Gasteiger partial charge is 0.337 e. The summed E-state index contributed by atoms with van der Waals surface area (Å²) in [7, 11) is 5.29. The topological polar surface area (TPSA) is 511 Å². The van der Waals surface area contributed by atoms with Crippen LogP contribution in [0.4, 0.5) is 40.6 Å². The van der Waals surface area contributed by atoms with Crippen molar-refractivity contribution < 1.29 is 57.3 Å². The molecule has 0 saturated carbocycles. The summed E-state index contributed by atoms with van der Waals surface area (Å²) in [6.07, 6.45) is 3.22. The van der Waals surface area contributed by atoms with E-state index in [1.807, 2.05) is 44.2 Å². The Hall–Kier alpha value is -11.6. The third-order valence-electron chi connectivity index (χ3n) is 14.0. The Morgan fingerprint density at radius 1 is 0.466 bits per heavy atom. The number of benzene rings is 6. The lowest BCUT2D eigenvalue weighted by molar-refractivity contribution is 0.0592. The fourth-order valence-electron chi connectivity index (χ4n) is 8.94. The van der Waals surface area contributed by atoms with Crippen molar-refractivity contribution in [2.24, 2.45) is 0 Å². The number of nitrogens with two attached hydrogens (primary N) is 5. The SMILES string of the molecule is Br.Br.COC(=O)c1ccc(N)c(N)c1.COC(=O)c1ccc2nc(N)[nH]c2c1.COC(=O)c1ccc2nc(N)[nH]c2c1.COC(=O)c1ccc2nc(NC(=O)c3[nH]cnc3C(=O)Nc3cc(Br)ccc3C)[nH]c2c1.Cc1ccc(Br)cc1N.O=C(Cl)c1ncn2c(=O)c3c(C(=O)Cl)ncn3c(=O)c12. The van der Waals surface area contributed by atoms with Crippen molar-refractivity contribution in [2.45, 2.75) is 13.8 Å². The lowest BCUT2D eigenvalue weighted by Gasteiger charge is -2.08. The number of carbonyl (C=O) groups excluding carboxylic acids is 8. The number of aromatic nitrogens is 12. The first-order valence-electron chi connectivity index (χ1n) is 28.6. The number of H-pyrrole nitrogens is 4. The number of ether oxygens (including phenoxy) is 4. The van der Waals surface area contributed by atoms with E-state index in [0.717, 1.165) is 69.3 Å². The Kier molecular flexibility index (Phi) is 27.8. The minimum Gasteiger partial charge on any atom is -0.465 e. The Bertz CT molecular complexity index is 5330. The molecule has 6 aromatic carbocycles. The maximum Gasteiger partial charge on any atom is 0.337 e. The molecule has 7 aromatic heterocycles. The van der Waals surface area contributed by atoms with E-state index in [0.29, 0.717) is 62.2 Å². The molecule has 0 bridgehead atoms. The van der Waals surface area contributed by atoms with Gasteiger partial charge in [-0.05, 0) is 145 Å². The quantitative estimate of drug-likeness (QED) is 0.0262. The Labute approximate surface area is 627 Å². The molecule has 0 radical (unpaired) electrons. The number of aromatic amines is 4. The molecule has 0 atom stereocenters. The number of esters is 4. The molecule has 33 nitrogen and oxygen atoms in total. The number of amides is 2. The van der Waals surface area contributed by atoms with Crippen LogP contribution in [0.1, 0.15) is 94.5 Å². The van der Waals surface area contributed by atoms with Crippen molar-refractivity contribution in [3.8, 4) is 0 Å². The van der Waals surface area contributed by atoms with Crippen molar-refractivity contribution in [1.82, 2.24) is 58.6 Å². The maximum atomic E-state index is 12.8. The number of hydrogen-bond donors (Lipinski definition) is 11. The lowest BCUT2D eigenvalue weighted by Crippen LogP contribution is -2.26. The number of aryl methyl sites for hydroxylation is 2. The predicted octanol–water partition coefficient (Wildman–Crippen LogP) is 9.54. The van der Waals surface area contributed by atoms with Gasteiger partial charge in [0.05, 0.1) is 101 Å². The minimum atomic E-state index is -0.975. The Morgan fingerprint density at radius 2 is 0.883 bits per heavy atom. The first-order valence-corrected chi connectivity index (χ1v) is 30.9. The average molecular weight is 1710 g/mol. The van der Waals surface area contributed by atoms with Crippen molar-refractivity contribution in [3.63, 3.8) is 0 Å². The van der Waals surface area contributed by atoms with Gasteiger partial charge in [0, 0.05) is 20.3 Å². The summed E-state index contributed by atoms with van der Waals surface area (Å²) in [5.41, 5.74) is 34.6. The second-order valence-corrected chi connectivity index (χ2v) is 23.1. The van der Waals surface area contributed by atoms with E-state index in [4.69, 9.17) is 56.6 Å². The Morgan fingerprint density at radius 3 is 1.31 bits per heavy atom. The zero-order valence-electron chi connectivity index (χ0n) is 54.1. The average Bonchev–Trinajstić information content (AvgIpc) is 1.60. The number of nitrogen functional groups attached to an aromatic ring is 5. The van der Waals surface area contributed by atoms with Gasteiger partial charge in [-0.25, -0.2) is 49.1 Å². The fourth-order valence-corrected chi connectivity index (χ4v) is 9.96. The molecule has 0 aliphatic rings. The summed E-state index contributed by atoms with van der Waals surface area (Å²) in [5, 5.41) is 3.40. The second-order valence-electron chi connectivity index (χ2n) is 20.6. The highest BCUT2D eigenvalue weighted by Gasteiger charge is 2.25. The molecule has 2 amide bonds. The molecule has 0 fully saturated rings. The summed E-state index contributed by atoms with van der Waals surface area (Å²) in [5.74, 6) is -1.97. The van der Waals surface area contributed by atoms with Crippen LogP contribution in [-0.4, -0.2) is 133 Å². The third kappa shape index (κ3) is 19.5. The molecule has 103 heavy (non-hydrogen) atoms. The van der Waals surface area contributed by atoms with Gasteiger partial charge in [-0.2, -0.15) is 0 Å². The number of anilines is 7.